The van der Waals surface area contributed by atoms with E-state index in [-0.39, 0.29) is 37.1 Å². The first-order valence-corrected chi connectivity index (χ1v) is 6.87. The van der Waals surface area contributed by atoms with Crippen LogP contribution in [-0.2, 0) is 28.7 Å². The first kappa shape index (κ1) is 14.0. The molecule has 2 bridgehead atoms. The molecular formula is C13H16N2O6. The number of carbonyl (C=O) groups is 4. The van der Waals surface area contributed by atoms with Gasteiger partial charge in [0.1, 0.15) is 13.1 Å². The van der Waals surface area contributed by atoms with Crippen LogP contribution in [0, 0.1) is 11.8 Å². The SMILES string of the molecule is COC(=O)CNC(=O)CN1C(=O)C2C3CCC(O3)C2C1=O. The first-order valence-electron chi connectivity index (χ1n) is 6.87. The summed E-state index contributed by atoms with van der Waals surface area (Å²) >= 11 is 0. The monoisotopic (exact) mass is 296 g/mol. The second kappa shape index (κ2) is 5.10. The summed E-state index contributed by atoms with van der Waals surface area (Å²) in [7, 11) is 1.21. The molecule has 0 aliphatic carbocycles. The van der Waals surface area contributed by atoms with E-state index in [9.17, 15) is 19.2 Å². The summed E-state index contributed by atoms with van der Waals surface area (Å²) in [4.78, 5) is 48.2. The smallest absolute Gasteiger partial charge is 0.325 e. The molecule has 3 fully saturated rings. The minimum absolute atomic E-state index is 0.195. The van der Waals surface area contributed by atoms with Crippen molar-refractivity contribution in [3.05, 3.63) is 0 Å². The number of likely N-dealkylation sites (tertiary alicyclic amines) is 1. The Hall–Kier alpha value is -1.96. The molecule has 3 rings (SSSR count). The van der Waals surface area contributed by atoms with E-state index in [0.717, 1.165) is 17.7 Å². The molecule has 1 N–H and O–H groups in total. The molecular weight excluding hydrogens is 280 g/mol. The Morgan fingerprint density at radius 2 is 1.81 bits per heavy atom. The van der Waals surface area contributed by atoms with Crippen LogP contribution in [0.2, 0.25) is 0 Å². The van der Waals surface area contributed by atoms with Crippen LogP contribution in [0.25, 0.3) is 0 Å². The van der Waals surface area contributed by atoms with Gasteiger partial charge in [0.2, 0.25) is 17.7 Å². The zero-order valence-electron chi connectivity index (χ0n) is 11.5. The molecule has 3 saturated heterocycles. The normalized spacial score (nSPS) is 33.3. The molecule has 3 aliphatic heterocycles. The Labute approximate surface area is 120 Å². The largest absolute Gasteiger partial charge is 0.468 e. The highest BCUT2D eigenvalue weighted by Gasteiger charge is 2.62. The van der Waals surface area contributed by atoms with E-state index in [0.29, 0.717) is 0 Å². The number of hydrogen-bond acceptors (Lipinski definition) is 6. The van der Waals surface area contributed by atoms with E-state index in [1.807, 2.05) is 0 Å². The van der Waals surface area contributed by atoms with Crippen molar-refractivity contribution in [2.75, 3.05) is 20.2 Å². The van der Waals surface area contributed by atoms with Crippen LogP contribution in [0.15, 0.2) is 0 Å². The minimum atomic E-state index is -0.592. The zero-order chi connectivity index (χ0) is 15.1. The lowest BCUT2D eigenvalue weighted by molar-refractivity contribution is -0.146. The minimum Gasteiger partial charge on any atom is -0.468 e. The van der Waals surface area contributed by atoms with Crippen molar-refractivity contribution in [1.82, 2.24) is 10.2 Å². The van der Waals surface area contributed by atoms with Crippen molar-refractivity contribution in [3.8, 4) is 0 Å². The van der Waals surface area contributed by atoms with Crippen LogP contribution in [0.5, 0.6) is 0 Å². The Kier molecular flexibility index (Phi) is 3.40. The Morgan fingerprint density at radius 3 is 2.33 bits per heavy atom. The van der Waals surface area contributed by atoms with E-state index in [1.54, 1.807) is 0 Å². The van der Waals surface area contributed by atoms with Gasteiger partial charge in [-0.05, 0) is 12.8 Å². The van der Waals surface area contributed by atoms with E-state index in [2.05, 4.69) is 10.1 Å². The molecule has 8 heteroatoms. The molecule has 0 aromatic rings. The maximum absolute atomic E-state index is 12.3. The van der Waals surface area contributed by atoms with Crippen molar-refractivity contribution in [2.24, 2.45) is 11.8 Å². The van der Waals surface area contributed by atoms with Gasteiger partial charge < -0.3 is 14.8 Å². The Bertz CT molecular complexity index is 491. The summed E-state index contributed by atoms with van der Waals surface area (Å²) in [6.07, 6.45) is 1.18. The van der Waals surface area contributed by atoms with E-state index < -0.39 is 23.7 Å². The maximum Gasteiger partial charge on any atom is 0.325 e. The molecule has 8 nitrogen and oxygen atoms in total. The molecule has 21 heavy (non-hydrogen) atoms. The fourth-order valence-electron chi connectivity index (χ4n) is 3.37. The van der Waals surface area contributed by atoms with Gasteiger partial charge in [-0.1, -0.05) is 0 Å². The lowest BCUT2D eigenvalue weighted by Gasteiger charge is -2.16. The molecule has 0 saturated carbocycles. The van der Waals surface area contributed by atoms with E-state index >= 15 is 0 Å². The summed E-state index contributed by atoms with van der Waals surface area (Å²) in [5.74, 6) is -2.72. The maximum atomic E-state index is 12.3. The van der Waals surface area contributed by atoms with Crippen molar-refractivity contribution < 1.29 is 28.7 Å². The number of ether oxygens (including phenoxy) is 2. The number of esters is 1. The van der Waals surface area contributed by atoms with Gasteiger partial charge >= 0.3 is 5.97 Å². The van der Waals surface area contributed by atoms with Gasteiger partial charge in [0, 0.05) is 0 Å². The molecule has 0 spiro atoms. The zero-order valence-corrected chi connectivity index (χ0v) is 11.5. The van der Waals surface area contributed by atoms with Gasteiger partial charge in [-0.15, -0.1) is 0 Å². The Balaban J connectivity index is 1.62. The van der Waals surface area contributed by atoms with Crippen LogP contribution in [0.4, 0.5) is 0 Å². The molecule has 3 amide bonds. The van der Waals surface area contributed by atoms with E-state index in [4.69, 9.17) is 4.74 Å². The highest BCUT2D eigenvalue weighted by molar-refractivity contribution is 6.08. The predicted molar refractivity (Wildman–Crippen MR) is 66.6 cm³/mol. The number of imide groups is 1. The van der Waals surface area contributed by atoms with Gasteiger partial charge in [0.05, 0.1) is 31.2 Å². The summed E-state index contributed by atoms with van der Waals surface area (Å²) in [6.45, 7) is -0.645. The summed E-state index contributed by atoms with van der Waals surface area (Å²) in [5.41, 5.74) is 0. The lowest BCUT2D eigenvalue weighted by atomic mass is 9.81. The topological polar surface area (TPSA) is 102 Å². The quantitative estimate of drug-likeness (QED) is 0.497. The highest BCUT2D eigenvalue weighted by Crippen LogP contribution is 2.48. The fraction of sp³-hybridized carbons (Fsp3) is 0.692. The number of methoxy groups -OCH3 is 1. The number of amides is 3. The fourth-order valence-corrected chi connectivity index (χ4v) is 3.37. The molecule has 0 aromatic heterocycles. The van der Waals surface area contributed by atoms with Crippen molar-refractivity contribution in [3.63, 3.8) is 0 Å². The summed E-state index contributed by atoms with van der Waals surface area (Å²) in [5, 5.41) is 2.31. The molecule has 114 valence electrons. The third kappa shape index (κ3) is 2.19. The third-order valence-corrected chi connectivity index (χ3v) is 4.33. The van der Waals surface area contributed by atoms with Crippen LogP contribution in [0.1, 0.15) is 12.8 Å². The van der Waals surface area contributed by atoms with Gasteiger partial charge in [0.25, 0.3) is 0 Å². The van der Waals surface area contributed by atoms with Crippen molar-refractivity contribution >= 4 is 23.7 Å². The second-order valence-electron chi connectivity index (χ2n) is 5.46. The lowest BCUT2D eigenvalue weighted by Crippen LogP contribution is -2.43. The van der Waals surface area contributed by atoms with Gasteiger partial charge in [0.15, 0.2) is 0 Å². The molecule has 4 atom stereocenters. The predicted octanol–water partition coefficient (Wildman–Crippen LogP) is -1.56. The highest BCUT2D eigenvalue weighted by atomic mass is 16.5. The molecule has 0 radical (unpaired) electrons. The summed E-state index contributed by atoms with van der Waals surface area (Å²) in [6, 6.07) is 0. The van der Waals surface area contributed by atoms with Gasteiger partial charge in [-0.2, -0.15) is 0 Å². The van der Waals surface area contributed by atoms with E-state index in [1.165, 1.54) is 7.11 Å². The average Bonchev–Trinajstić information content (AvgIpc) is 3.14. The van der Waals surface area contributed by atoms with Crippen molar-refractivity contribution in [1.29, 1.82) is 0 Å². The third-order valence-electron chi connectivity index (χ3n) is 4.33. The second-order valence-corrected chi connectivity index (χ2v) is 5.46. The number of nitrogens with one attached hydrogen (secondary N) is 1. The van der Waals surface area contributed by atoms with Crippen molar-refractivity contribution in [2.45, 2.75) is 25.0 Å². The van der Waals surface area contributed by atoms with Gasteiger partial charge in [-0.3, -0.25) is 24.1 Å². The van der Waals surface area contributed by atoms with Crippen LogP contribution < -0.4 is 5.32 Å². The molecule has 3 heterocycles. The molecule has 0 aromatic carbocycles. The molecule has 4 unspecified atom stereocenters. The number of hydrogen-bond donors (Lipinski definition) is 1. The number of rotatable bonds is 4. The standard InChI is InChI=1S/C13H16N2O6/c1-20-9(17)4-14-8(16)5-15-12(18)10-6-2-3-7(21-6)11(10)13(15)19/h6-7,10-11H,2-5H2,1H3,(H,14,16). The van der Waals surface area contributed by atoms with Crippen LogP contribution in [-0.4, -0.2) is 61.0 Å². The van der Waals surface area contributed by atoms with Crippen LogP contribution in [0.3, 0.4) is 0 Å². The van der Waals surface area contributed by atoms with Gasteiger partial charge in [-0.25, -0.2) is 0 Å². The number of fused-ring (bicyclic) bond motifs is 5. The molecule has 3 aliphatic rings. The number of carbonyl (C=O) groups excluding carboxylic acids is 4. The average molecular weight is 296 g/mol. The Morgan fingerprint density at radius 1 is 1.24 bits per heavy atom. The van der Waals surface area contributed by atoms with Crippen LogP contribution >= 0.6 is 0 Å². The first-order chi connectivity index (χ1) is 10.0. The number of nitrogens with zero attached hydrogens (tertiary/aromatic N) is 1. The summed E-state index contributed by atoms with van der Waals surface area (Å²) < 4.78 is 9.99.